The number of pyridine rings is 1. The van der Waals surface area contributed by atoms with E-state index >= 15 is 0 Å². The van der Waals surface area contributed by atoms with E-state index < -0.39 is 0 Å². The van der Waals surface area contributed by atoms with Crippen LogP contribution in [0, 0.1) is 10.1 Å². The molecule has 0 bridgehead atoms. The van der Waals surface area contributed by atoms with E-state index in [1.165, 1.54) is 6.07 Å². The third-order valence-corrected chi connectivity index (χ3v) is 6.06. The molecule has 0 fully saturated rings. The van der Waals surface area contributed by atoms with Crippen molar-refractivity contribution in [2.24, 2.45) is 0 Å². The summed E-state index contributed by atoms with van der Waals surface area (Å²) in [6, 6.07) is 20.4. The number of nitro groups is 1. The molecule has 0 N–H and O–H groups in total. The summed E-state index contributed by atoms with van der Waals surface area (Å²) in [6.45, 7) is 0. The van der Waals surface area contributed by atoms with Crippen LogP contribution in [-0.2, 0) is 0 Å². The van der Waals surface area contributed by atoms with E-state index in [-0.39, 0.29) is 10.6 Å². The van der Waals surface area contributed by atoms with Crippen LogP contribution in [0.5, 0.6) is 0 Å². The first-order valence-electron chi connectivity index (χ1n) is 8.28. The van der Waals surface area contributed by atoms with E-state index in [1.54, 1.807) is 35.6 Å². The predicted molar refractivity (Wildman–Crippen MR) is 112 cm³/mol. The summed E-state index contributed by atoms with van der Waals surface area (Å²) < 4.78 is 2.18. The molecule has 0 aliphatic heterocycles. The van der Waals surface area contributed by atoms with Crippen molar-refractivity contribution in [3.63, 3.8) is 0 Å². The van der Waals surface area contributed by atoms with Crippen LogP contribution in [0.2, 0.25) is 5.02 Å². The molecule has 6 heteroatoms. The second-order valence-corrected chi connectivity index (χ2v) is 7.69. The van der Waals surface area contributed by atoms with Gasteiger partial charge in [-0.1, -0.05) is 41.9 Å². The van der Waals surface area contributed by atoms with Crippen LogP contribution in [-0.4, -0.2) is 9.91 Å². The fourth-order valence-electron chi connectivity index (χ4n) is 3.46. The van der Waals surface area contributed by atoms with Crippen LogP contribution >= 0.6 is 22.9 Å². The number of nitrogens with zero attached hydrogens (tertiary/aromatic N) is 2. The summed E-state index contributed by atoms with van der Waals surface area (Å²) in [5.74, 6) is 0. The van der Waals surface area contributed by atoms with E-state index in [1.807, 2.05) is 30.3 Å². The molecular weight excluding hydrogens is 380 g/mol. The lowest BCUT2D eigenvalue weighted by Gasteiger charge is -2.08. The minimum Gasteiger partial charge on any atom is -0.258 e. The van der Waals surface area contributed by atoms with Crippen molar-refractivity contribution in [3.8, 4) is 11.3 Å². The van der Waals surface area contributed by atoms with Crippen molar-refractivity contribution in [3.05, 3.63) is 81.9 Å². The van der Waals surface area contributed by atoms with Gasteiger partial charge in [-0.25, -0.2) is 4.98 Å². The molecule has 0 saturated carbocycles. The van der Waals surface area contributed by atoms with E-state index in [2.05, 4.69) is 6.07 Å². The second-order valence-electron chi connectivity index (χ2n) is 6.20. The molecule has 0 spiro atoms. The first-order valence-corrected chi connectivity index (χ1v) is 9.47. The first-order chi connectivity index (χ1) is 13.1. The van der Waals surface area contributed by atoms with Gasteiger partial charge in [-0.15, -0.1) is 11.3 Å². The van der Waals surface area contributed by atoms with Gasteiger partial charge >= 0.3 is 0 Å². The van der Waals surface area contributed by atoms with E-state index in [4.69, 9.17) is 16.6 Å². The van der Waals surface area contributed by atoms with E-state index in [0.717, 1.165) is 31.1 Å². The predicted octanol–water partition coefficient (Wildman–Crippen LogP) is 6.83. The number of nitro benzene ring substituents is 1. The molecule has 130 valence electrons. The average molecular weight is 391 g/mol. The Bertz CT molecular complexity index is 1380. The Hall–Kier alpha value is -3.02. The van der Waals surface area contributed by atoms with Gasteiger partial charge < -0.3 is 0 Å². The molecule has 2 heterocycles. The molecule has 2 aromatic heterocycles. The fraction of sp³-hybridized carbons (Fsp3) is 0. The van der Waals surface area contributed by atoms with Gasteiger partial charge in [0.15, 0.2) is 0 Å². The summed E-state index contributed by atoms with van der Waals surface area (Å²) in [5, 5.41) is 15.2. The average Bonchev–Trinajstić information content (AvgIpc) is 3.06. The standard InChI is InChI=1S/C21H11ClN2O2S/c22-12-9-10-13-16(11-12)23-20(14-5-1-3-7-17(14)24(25)26)19-15-6-2-4-8-18(15)27-21(13)19/h1-11H. The van der Waals surface area contributed by atoms with Gasteiger partial charge in [-0.3, -0.25) is 10.1 Å². The van der Waals surface area contributed by atoms with E-state index in [0.29, 0.717) is 16.3 Å². The van der Waals surface area contributed by atoms with Crippen molar-refractivity contribution in [2.75, 3.05) is 0 Å². The van der Waals surface area contributed by atoms with E-state index in [9.17, 15) is 10.1 Å². The lowest BCUT2D eigenvalue weighted by Crippen LogP contribution is -1.94. The molecule has 4 nitrogen and oxygen atoms in total. The van der Waals surface area contributed by atoms with Crippen molar-refractivity contribution >= 4 is 59.7 Å². The van der Waals surface area contributed by atoms with Crippen LogP contribution < -0.4 is 0 Å². The Morgan fingerprint density at radius 2 is 1.74 bits per heavy atom. The van der Waals surface area contributed by atoms with Gasteiger partial charge in [-0.05, 0) is 30.3 Å². The Morgan fingerprint density at radius 3 is 2.59 bits per heavy atom. The lowest BCUT2D eigenvalue weighted by molar-refractivity contribution is -0.384. The number of hydrogen-bond donors (Lipinski definition) is 0. The van der Waals surface area contributed by atoms with Crippen LogP contribution in [0.4, 0.5) is 5.69 Å². The monoisotopic (exact) mass is 390 g/mol. The molecular formula is C21H11ClN2O2S. The minimum absolute atomic E-state index is 0.0444. The maximum absolute atomic E-state index is 11.6. The molecule has 3 aromatic carbocycles. The van der Waals surface area contributed by atoms with Crippen LogP contribution in [0.1, 0.15) is 0 Å². The second kappa shape index (κ2) is 6.01. The highest BCUT2D eigenvalue weighted by Gasteiger charge is 2.21. The number of aromatic nitrogens is 1. The number of fused-ring (bicyclic) bond motifs is 5. The van der Waals surface area contributed by atoms with Gasteiger partial charge in [0.05, 0.1) is 21.7 Å². The van der Waals surface area contributed by atoms with Gasteiger partial charge in [0.25, 0.3) is 5.69 Å². The number of benzene rings is 3. The van der Waals surface area contributed by atoms with Crippen LogP contribution in [0.25, 0.3) is 42.3 Å². The number of thiophene rings is 1. The van der Waals surface area contributed by atoms with Crippen LogP contribution in [0.15, 0.2) is 66.7 Å². The van der Waals surface area contributed by atoms with Gasteiger partial charge in [0.1, 0.15) is 0 Å². The summed E-state index contributed by atoms with van der Waals surface area (Å²) in [6.07, 6.45) is 0. The smallest absolute Gasteiger partial charge is 0.258 e. The molecule has 5 aromatic rings. The maximum atomic E-state index is 11.6. The molecule has 0 radical (unpaired) electrons. The molecule has 0 atom stereocenters. The van der Waals surface area contributed by atoms with Crippen molar-refractivity contribution in [2.45, 2.75) is 0 Å². The highest BCUT2D eigenvalue weighted by molar-refractivity contribution is 7.26. The number of rotatable bonds is 2. The molecule has 0 aliphatic rings. The minimum atomic E-state index is -0.362. The Kier molecular flexibility index (Phi) is 3.60. The topological polar surface area (TPSA) is 56.0 Å². The van der Waals surface area contributed by atoms with Crippen molar-refractivity contribution < 1.29 is 4.92 Å². The Labute approximate surface area is 162 Å². The first kappa shape index (κ1) is 16.2. The summed E-state index contributed by atoms with van der Waals surface area (Å²) in [4.78, 5) is 16.1. The zero-order chi connectivity index (χ0) is 18.5. The van der Waals surface area contributed by atoms with Gasteiger partial charge in [-0.2, -0.15) is 0 Å². The summed E-state index contributed by atoms with van der Waals surface area (Å²) in [7, 11) is 0. The summed E-state index contributed by atoms with van der Waals surface area (Å²) >= 11 is 7.85. The zero-order valence-electron chi connectivity index (χ0n) is 13.8. The van der Waals surface area contributed by atoms with Gasteiger partial charge in [0.2, 0.25) is 0 Å². The molecule has 0 unspecified atom stereocenters. The molecule has 27 heavy (non-hydrogen) atoms. The molecule has 0 aliphatic carbocycles. The quantitative estimate of drug-likeness (QED) is 0.245. The third kappa shape index (κ3) is 2.47. The van der Waals surface area contributed by atoms with Crippen molar-refractivity contribution in [1.82, 2.24) is 4.98 Å². The fourth-order valence-corrected chi connectivity index (χ4v) is 4.87. The molecule has 0 saturated heterocycles. The maximum Gasteiger partial charge on any atom is 0.278 e. The molecule has 0 amide bonds. The SMILES string of the molecule is O=[N+]([O-])c1ccccc1-c1nc2cc(Cl)ccc2c2sc3ccccc3c12. The zero-order valence-corrected chi connectivity index (χ0v) is 15.4. The highest BCUT2D eigenvalue weighted by atomic mass is 35.5. The Balaban J connectivity index is 2.03. The number of hydrogen-bond acceptors (Lipinski definition) is 4. The number of para-hydroxylation sites is 1. The van der Waals surface area contributed by atoms with Crippen LogP contribution in [0.3, 0.4) is 0 Å². The van der Waals surface area contributed by atoms with Gasteiger partial charge in [0, 0.05) is 36.6 Å². The molecule has 5 rings (SSSR count). The third-order valence-electron chi connectivity index (χ3n) is 4.62. The Morgan fingerprint density at radius 1 is 0.963 bits per heavy atom. The highest BCUT2D eigenvalue weighted by Crippen LogP contribution is 2.44. The normalized spacial score (nSPS) is 11.4. The summed E-state index contributed by atoms with van der Waals surface area (Å²) in [5.41, 5.74) is 1.90. The van der Waals surface area contributed by atoms with Crippen molar-refractivity contribution in [1.29, 1.82) is 0 Å². The lowest BCUT2D eigenvalue weighted by atomic mass is 10.0. The number of halogens is 1. The largest absolute Gasteiger partial charge is 0.278 e.